The number of amides is 2. The Morgan fingerprint density at radius 1 is 0.900 bits per heavy atom. The van der Waals surface area contributed by atoms with Crippen LogP contribution in [0.2, 0.25) is 0 Å². The van der Waals surface area contributed by atoms with E-state index in [2.05, 4.69) is 21.2 Å². The van der Waals surface area contributed by atoms with E-state index in [0.717, 1.165) is 27.4 Å². The monoisotopic (exact) mass is 627 g/mol. The van der Waals surface area contributed by atoms with Crippen LogP contribution in [0.1, 0.15) is 50.3 Å². The van der Waals surface area contributed by atoms with E-state index in [9.17, 15) is 18.0 Å². The van der Waals surface area contributed by atoms with Crippen molar-refractivity contribution in [2.75, 3.05) is 10.8 Å². The molecule has 40 heavy (non-hydrogen) atoms. The smallest absolute Gasteiger partial charge is 0.264 e. The average Bonchev–Trinajstić information content (AvgIpc) is 2.92. The number of hydrogen-bond acceptors (Lipinski definition) is 4. The van der Waals surface area contributed by atoms with Gasteiger partial charge in [-0.15, -0.1) is 0 Å². The minimum Gasteiger partial charge on any atom is -0.352 e. The fraction of sp³-hybridized carbons (Fsp3) is 0.355. The highest BCUT2D eigenvalue weighted by molar-refractivity contribution is 9.10. The van der Waals surface area contributed by atoms with Gasteiger partial charge in [-0.25, -0.2) is 8.42 Å². The van der Waals surface area contributed by atoms with Gasteiger partial charge in [-0.3, -0.25) is 13.9 Å². The molecule has 214 valence electrons. The third-order valence-corrected chi connectivity index (χ3v) is 9.13. The number of sulfonamides is 1. The van der Waals surface area contributed by atoms with E-state index in [1.54, 1.807) is 48.5 Å². The molecule has 0 saturated carbocycles. The third kappa shape index (κ3) is 7.95. The normalized spacial score (nSPS) is 12.8. The van der Waals surface area contributed by atoms with Crippen LogP contribution in [0, 0.1) is 13.8 Å². The Kier molecular flexibility index (Phi) is 10.9. The van der Waals surface area contributed by atoms with Gasteiger partial charge in [-0.1, -0.05) is 83.4 Å². The van der Waals surface area contributed by atoms with Crippen molar-refractivity contribution in [2.45, 2.75) is 71.0 Å². The lowest BCUT2D eigenvalue weighted by atomic mass is 10.1. The van der Waals surface area contributed by atoms with E-state index in [4.69, 9.17) is 0 Å². The van der Waals surface area contributed by atoms with Crippen molar-refractivity contribution in [3.63, 3.8) is 0 Å². The van der Waals surface area contributed by atoms with Crippen molar-refractivity contribution in [3.05, 3.63) is 94.0 Å². The zero-order chi connectivity index (χ0) is 29.4. The van der Waals surface area contributed by atoms with Gasteiger partial charge in [0.1, 0.15) is 12.6 Å². The Morgan fingerprint density at radius 2 is 1.50 bits per heavy atom. The summed E-state index contributed by atoms with van der Waals surface area (Å²) >= 11 is 3.42. The fourth-order valence-corrected chi connectivity index (χ4v) is 6.04. The van der Waals surface area contributed by atoms with Gasteiger partial charge in [-0.05, 0) is 69.5 Å². The Bertz CT molecular complexity index is 1410. The summed E-state index contributed by atoms with van der Waals surface area (Å²) < 4.78 is 29.7. The zero-order valence-electron chi connectivity index (χ0n) is 23.7. The number of rotatable bonds is 12. The third-order valence-electron chi connectivity index (χ3n) is 6.84. The summed E-state index contributed by atoms with van der Waals surface area (Å²) in [6, 6.07) is 20.3. The van der Waals surface area contributed by atoms with Crippen LogP contribution in [0.15, 0.2) is 82.2 Å². The minimum absolute atomic E-state index is 0.0574. The second-order valence-corrected chi connectivity index (χ2v) is 12.8. The molecule has 1 N–H and O–H groups in total. The first kappa shape index (κ1) is 31.4. The first-order valence-corrected chi connectivity index (χ1v) is 15.7. The average molecular weight is 629 g/mol. The summed E-state index contributed by atoms with van der Waals surface area (Å²) in [5.41, 5.74) is 3.19. The standard InChI is InChI=1S/C31H38BrN3O4S/c1-6-24(5)33-31(37)29(7-2)34(20-25-15-11-22(3)12-16-25)30(36)21-35(27-10-8-9-26(32)19-27)40(38,39)28-17-13-23(4)14-18-28/h8-19,24,29H,6-7,20-21H2,1-5H3,(H,33,37). The number of hydrogen-bond donors (Lipinski definition) is 1. The molecule has 3 aromatic rings. The molecule has 9 heteroatoms. The van der Waals surface area contributed by atoms with Gasteiger partial charge in [0.2, 0.25) is 11.8 Å². The van der Waals surface area contributed by atoms with Crippen molar-refractivity contribution >= 4 is 43.5 Å². The van der Waals surface area contributed by atoms with Gasteiger partial charge in [0.25, 0.3) is 10.0 Å². The predicted octanol–water partition coefficient (Wildman–Crippen LogP) is 5.98. The number of anilines is 1. The van der Waals surface area contributed by atoms with Crippen LogP contribution in [0.5, 0.6) is 0 Å². The molecular weight excluding hydrogens is 590 g/mol. The molecule has 3 aromatic carbocycles. The van der Waals surface area contributed by atoms with Crippen molar-refractivity contribution in [1.82, 2.24) is 10.2 Å². The number of nitrogens with zero attached hydrogens (tertiary/aromatic N) is 2. The van der Waals surface area contributed by atoms with Crippen LogP contribution in [-0.4, -0.2) is 43.8 Å². The van der Waals surface area contributed by atoms with Crippen LogP contribution in [0.25, 0.3) is 0 Å². The Balaban J connectivity index is 2.05. The van der Waals surface area contributed by atoms with E-state index >= 15 is 0 Å². The zero-order valence-corrected chi connectivity index (χ0v) is 26.1. The minimum atomic E-state index is -4.11. The van der Waals surface area contributed by atoms with Crippen LogP contribution in [0.4, 0.5) is 5.69 Å². The molecule has 0 radical (unpaired) electrons. The van der Waals surface area contributed by atoms with E-state index < -0.39 is 28.5 Å². The molecule has 3 rings (SSSR count). The van der Waals surface area contributed by atoms with Gasteiger partial charge in [0.05, 0.1) is 10.6 Å². The maximum Gasteiger partial charge on any atom is 0.264 e. The number of benzene rings is 3. The fourth-order valence-electron chi connectivity index (χ4n) is 4.25. The lowest BCUT2D eigenvalue weighted by Crippen LogP contribution is -2.53. The molecule has 0 saturated heterocycles. The van der Waals surface area contributed by atoms with E-state index in [0.29, 0.717) is 16.6 Å². The van der Waals surface area contributed by atoms with Gasteiger partial charge >= 0.3 is 0 Å². The summed E-state index contributed by atoms with van der Waals surface area (Å²) in [7, 11) is -4.11. The number of carbonyl (C=O) groups excluding carboxylic acids is 2. The molecule has 0 heterocycles. The van der Waals surface area contributed by atoms with Crippen molar-refractivity contribution in [1.29, 1.82) is 0 Å². The molecule has 0 spiro atoms. The molecule has 2 amide bonds. The van der Waals surface area contributed by atoms with Crippen molar-refractivity contribution in [2.24, 2.45) is 0 Å². The summed E-state index contributed by atoms with van der Waals surface area (Å²) in [6.07, 6.45) is 1.13. The number of nitrogens with one attached hydrogen (secondary N) is 1. The predicted molar refractivity (Wildman–Crippen MR) is 164 cm³/mol. The highest BCUT2D eigenvalue weighted by atomic mass is 79.9. The summed E-state index contributed by atoms with van der Waals surface area (Å²) in [5.74, 6) is -0.727. The SMILES string of the molecule is CCC(C)NC(=O)C(CC)N(Cc1ccc(C)cc1)C(=O)CN(c1cccc(Br)c1)S(=O)(=O)c1ccc(C)cc1. The van der Waals surface area contributed by atoms with Crippen LogP contribution in [-0.2, 0) is 26.2 Å². The van der Waals surface area contributed by atoms with Gasteiger partial charge in [-0.2, -0.15) is 0 Å². The maximum absolute atomic E-state index is 14.1. The topological polar surface area (TPSA) is 86.8 Å². The Hall–Kier alpha value is -3.17. The molecule has 0 aromatic heterocycles. The number of halogens is 1. The van der Waals surface area contributed by atoms with E-state index in [1.807, 2.05) is 58.9 Å². The molecule has 0 aliphatic heterocycles. The molecule has 7 nitrogen and oxygen atoms in total. The summed E-state index contributed by atoms with van der Waals surface area (Å²) in [4.78, 5) is 29.0. The Morgan fingerprint density at radius 3 is 2.05 bits per heavy atom. The van der Waals surface area contributed by atoms with E-state index in [-0.39, 0.29) is 23.4 Å². The first-order chi connectivity index (χ1) is 19.0. The van der Waals surface area contributed by atoms with Gasteiger partial charge < -0.3 is 10.2 Å². The molecule has 2 unspecified atom stereocenters. The molecule has 2 atom stereocenters. The van der Waals surface area contributed by atoms with Gasteiger partial charge in [0.15, 0.2) is 0 Å². The van der Waals surface area contributed by atoms with Crippen LogP contribution >= 0.6 is 15.9 Å². The highest BCUT2D eigenvalue weighted by Gasteiger charge is 2.34. The number of carbonyl (C=O) groups is 2. The summed E-state index contributed by atoms with van der Waals surface area (Å²) in [6.45, 7) is 9.31. The van der Waals surface area contributed by atoms with Crippen LogP contribution < -0.4 is 9.62 Å². The van der Waals surface area contributed by atoms with Crippen molar-refractivity contribution in [3.8, 4) is 0 Å². The highest BCUT2D eigenvalue weighted by Crippen LogP contribution is 2.27. The largest absolute Gasteiger partial charge is 0.352 e. The van der Waals surface area contributed by atoms with Gasteiger partial charge in [0, 0.05) is 17.1 Å². The van der Waals surface area contributed by atoms with Crippen LogP contribution in [0.3, 0.4) is 0 Å². The quantitative estimate of drug-likeness (QED) is 0.267. The molecule has 0 bridgehead atoms. The molecule has 0 aliphatic rings. The Labute approximate surface area is 246 Å². The first-order valence-electron chi connectivity index (χ1n) is 13.5. The molecule has 0 fully saturated rings. The maximum atomic E-state index is 14.1. The second-order valence-electron chi connectivity index (χ2n) is 10.1. The lowest BCUT2D eigenvalue weighted by Gasteiger charge is -2.33. The van der Waals surface area contributed by atoms with Crippen molar-refractivity contribution < 1.29 is 18.0 Å². The molecular formula is C31H38BrN3O4S. The number of aryl methyl sites for hydroxylation is 2. The lowest BCUT2D eigenvalue weighted by molar-refractivity contribution is -0.140. The second kappa shape index (κ2) is 13.9. The van der Waals surface area contributed by atoms with E-state index in [1.165, 1.54) is 4.90 Å². The molecule has 0 aliphatic carbocycles. The summed E-state index contributed by atoms with van der Waals surface area (Å²) in [5, 5.41) is 2.99.